The molecule has 0 fully saturated rings. The van der Waals surface area contributed by atoms with Gasteiger partial charge in [-0.2, -0.15) is 0 Å². The third-order valence-electron chi connectivity index (χ3n) is 8.00. The van der Waals surface area contributed by atoms with Crippen molar-refractivity contribution in [2.45, 2.75) is 57.1 Å². The number of nitrogens with zero attached hydrogens (tertiary/aromatic N) is 2. The lowest BCUT2D eigenvalue weighted by Crippen LogP contribution is -2.56. The van der Waals surface area contributed by atoms with Crippen molar-refractivity contribution in [3.05, 3.63) is 113 Å². The first-order valence-corrected chi connectivity index (χ1v) is 17.8. The summed E-state index contributed by atoms with van der Waals surface area (Å²) < 4.78 is 46.5. The smallest absolute Gasteiger partial charge is 0.265 e. The first kappa shape index (κ1) is 38.1. The van der Waals surface area contributed by atoms with Crippen molar-refractivity contribution in [3.63, 3.8) is 0 Å². The van der Waals surface area contributed by atoms with Gasteiger partial charge in [-0.1, -0.05) is 66.2 Å². The summed E-state index contributed by atoms with van der Waals surface area (Å²) in [5.41, 5.74) is 1.97. The van der Waals surface area contributed by atoms with Crippen LogP contribution in [0.5, 0.6) is 17.2 Å². The molecule has 1 atom stereocenters. The number of carbonyl (C=O) groups is 2. The molecule has 50 heavy (non-hydrogen) atoms. The monoisotopic (exact) mass is 721 g/mol. The van der Waals surface area contributed by atoms with E-state index in [1.54, 1.807) is 6.07 Å². The number of nitrogens with one attached hydrogen (secondary N) is 1. The van der Waals surface area contributed by atoms with Gasteiger partial charge in [-0.05, 0) is 74.7 Å². The Labute approximate surface area is 300 Å². The number of anilines is 1. The molecule has 0 saturated heterocycles. The molecule has 0 aromatic heterocycles. The van der Waals surface area contributed by atoms with Crippen molar-refractivity contribution in [3.8, 4) is 17.2 Å². The molecule has 266 valence electrons. The number of ether oxygens (including phenoxy) is 3. The molecule has 0 spiro atoms. The van der Waals surface area contributed by atoms with Crippen molar-refractivity contribution >= 4 is 39.1 Å². The molecule has 4 aromatic rings. The number of benzene rings is 4. The predicted octanol–water partition coefficient (Wildman–Crippen LogP) is 6.42. The van der Waals surface area contributed by atoms with Crippen molar-refractivity contribution in [2.75, 3.05) is 32.2 Å². The summed E-state index contributed by atoms with van der Waals surface area (Å²) >= 11 is 6.41. The zero-order valence-corrected chi connectivity index (χ0v) is 31.0. The van der Waals surface area contributed by atoms with E-state index >= 15 is 0 Å². The molecule has 0 unspecified atom stereocenters. The molecule has 1 N–H and O–H groups in total. The van der Waals surface area contributed by atoms with E-state index in [4.69, 9.17) is 25.8 Å². The lowest BCUT2D eigenvalue weighted by molar-refractivity contribution is -0.140. The molecule has 12 heteroatoms. The van der Waals surface area contributed by atoms with Gasteiger partial charge in [0.1, 0.15) is 18.3 Å². The molecule has 2 amide bonds. The Morgan fingerprint density at radius 2 is 1.44 bits per heavy atom. The van der Waals surface area contributed by atoms with Gasteiger partial charge in [0.25, 0.3) is 10.0 Å². The third kappa shape index (κ3) is 9.28. The second-order valence-corrected chi connectivity index (χ2v) is 15.0. The van der Waals surface area contributed by atoms with Crippen LogP contribution in [0.15, 0.2) is 95.9 Å². The molecule has 0 aliphatic rings. The van der Waals surface area contributed by atoms with Gasteiger partial charge in [-0.3, -0.25) is 13.9 Å². The highest BCUT2D eigenvalue weighted by Crippen LogP contribution is 2.37. The number of halogens is 1. The number of sulfonamides is 1. The molecule has 0 heterocycles. The summed E-state index contributed by atoms with van der Waals surface area (Å²) in [5.74, 6) is -0.321. The highest BCUT2D eigenvalue weighted by molar-refractivity contribution is 7.92. The number of methoxy groups -OCH3 is 3. The Bertz CT molecular complexity index is 1910. The first-order chi connectivity index (χ1) is 23.7. The topological polar surface area (TPSA) is 114 Å². The Hall–Kier alpha value is -4.74. The molecule has 0 radical (unpaired) electrons. The fourth-order valence-electron chi connectivity index (χ4n) is 5.45. The summed E-state index contributed by atoms with van der Waals surface area (Å²) in [6.45, 7) is 6.86. The zero-order chi connectivity index (χ0) is 36.6. The second kappa shape index (κ2) is 16.3. The lowest BCUT2D eigenvalue weighted by Gasteiger charge is -2.35. The molecular formula is C38H44ClN3O7S. The van der Waals surface area contributed by atoms with Crippen molar-refractivity contribution in [1.29, 1.82) is 0 Å². The summed E-state index contributed by atoms with van der Waals surface area (Å²) in [5, 5.41) is 3.26. The molecular weight excluding hydrogens is 678 g/mol. The Balaban J connectivity index is 1.90. The van der Waals surface area contributed by atoms with Crippen LogP contribution in [0.2, 0.25) is 5.02 Å². The number of amides is 2. The van der Waals surface area contributed by atoms with E-state index in [9.17, 15) is 18.0 Å². The van der Waals surface area contributed by atoms with E-state index in [2.05, 4.69) is 5.32 Å². The molecule has 4 aromatic carbocycles. The van der Waals surface area contributed by atoms with E-state index in [1.807, 2.05) is 82.3 Å². The standard InChI is InChI=1S/C38H44ClN3O7S/c1-26-13-11-12-16-28(26)24-41(32(37(44)40-38(2,3)4)21-27-14-9-8-10-15-27)36(43)25-42(31-22-29(39)17-19-33(31)47-5)50(45,46)30-18-20-34(48-6)35(23-30)49-7/h8-20,22-23,32H,21,24-25H2,1-7H3,(H,40,44)/t32-/m1/s1. The molecule has 0 saturated carbocycles. The average molecular weight is 722 g/mol. The van der Waals surface area contributed by atoms with Crippen molar-refractivity contribution < 1.29 is 32.2 Å². The SMILES string of the molecule is COc1ccc(S(=O)(=O)N(CC(=O)N(Cc2ccccc2C)[C@H](Cc2ccccc2)C(=O)NC(C)(C)C)c2cc(Cl)ccc2OC)cc1OC. The minimum Gasteiger partial charge on any atom is -0.495 e. The molecule has 0 aliphatic carbocycles. The fraction of sp³-hybridized carbons (Fsp3) is 0.316. The van der Waals surface area contributed by atoms with E-state index in [1.165, 1.54) is 56.6 Å². The maximum Gasteiger partial charge on any atom is 0.265 e. The average Bonchev–Trinajstić information content (AvgIpc) is 3.08. The lowest BCUT2D eigenvalue weighted by atomic mass is 10.00. The van der Waals surface area contributed by atoms with Gasteiger partial charge in [0.2, 0.25) is 11.8 Å². The summed E-state index contributed by atoms with van der Waals surface area (Å²) in [6.07, 6.45) is 0.184. The number of hydrogen-bond acceptors (Lipinski definition) is 7. The van der Waals surface area contributed by atoms with Gasteiger partial charge >= 0.3 is 0 Å². The summed E-state index contributed by atoms with van der Waals surface area (Å²) in [6, 6.07) is 24.6. The van der Waals surface area contributed by atoms with E-state index in [0.29, 0.717) is 5.75 Å². The minimum absolute atomic E-state index is 0.0392. The van der Waals surface area contributed by atoms with Crippen LogP contribution in [0.4, 0.5) is 5.69 Å². The van der Waals surface area contributed by atoms with Gasteiger partial charge in [-0.25, -0.2) is 8.42 Å². The highest BCUT2D eigenvalue weighted by atomic mass is 35.5. The minimum atomic E-state index is -4.49. The highest BCUT2D eigenvalue weighted by Gasteiger charge is 2.37. The Morgan fingerprint density at radius 1 is 0.820 bits per heavy atom. The van der Waals surface area contributed by atoms with Gasteiger partial charge < -0.3 is 24.4 Å². The van der Waals surface area contributed by atoms with Crippen LogP contribution in [0.25, 0.3) is 0 Å². The van der Waals surface area contributed by atoms with Gasteiger partial charge in [0.15, 0.2) is 11.5 Å². The van der Waals surface area contributed by atoms with Crippen LogP contribution in [0.3, 0.4) is 0 Å². The van der Waals surface area contributed by atoms with Crippen LogP contribution in [0, 0.1) is 6.92 Å². The molecule has 4 rings (SSSR count). The number of hydrogen-bond donors (Lipinski definition) is 1. The third-order valence-corrected chi connectivity index (χ3v) is 9.99. The Morgan fingerprint density at radius 3 is 2.06 bits per heavy atom. The van der Waals surface area contributed by atoms with Crippen LogP contribution in [-0.2, 0) is 32.6 Å². The van der Waals surface area contributed by atoms with Crippen molar-refractivity contribution in [2.24, 2.45) is 0 Å². The van der Waals surface area contributed by atoms with Gasteiger partial charge in [-0.15, -0.1) is 0 Å². The van der Waals surface area contributed by atoms with Gasteiger partial charge in [0, 0.05) is 29.6 Å². The normalized spacial score (nSPS) is 12.1. The number of aryl methyl sites for hydroxylation is 1. The quantitative estimate of drug-likeness (QED) is 0.160. The molecule has 0 aliphatic heterocycles. The summed E-state index contributed by atoms with van der Waals surface area (Å²) in [7, 11) is -0.257. The van der Waals surface area contributed by atoms with Crippen LogP contribution in [-0.4, -0.2) is 64.6 Å². The molecule has 0 bridgehead atoms. The fourth-order valence-corrected chi connectivity index (χ4v) is 7.05. The van der Waals surface area contributed by atoms with Crippen LogP contribution in [0.1, 0.15) is 37.5 Å². The van der Waals surface area contributed by atoms with Crippen LogP contribution >= 0.6 is 11.6 Å². The Kier molecular flexibility index (Phi) is 12.4. The van der Waals surface area contributed by atoms with E-state index < -0.39 is 34.1 Å². The van der Waals surface area contributed by atoms with E-state index in [0.717, 1.165) is 21.0 Å². The predicted molar refractivity (Wildman–Crippen MR) is 196 cm³/mol. The van der Waals surface area contributed by atoms with Crippen molar-refractivity contribution in [1.82, 2.24) is 10.2 Å². The zero-order valence-electron chi connectivity index (χ0n) is 29.4. The maximum atomic E-state index is 14.9. The van der Waals surface area contributed by atoms with E-state index in [-0.39, 0.29) is 46.0 Å². The van der Waals surface area contributed by atoms with Gasteiger partial charge in [0.05, 0.1) is 31.9 Å². The summed E-state index contributed by atoms with van der Waals surface area (Å²) in [4.78, 5) is 30.3. The number of carbonyl (C=O) groups excluding carboxylic acids is 2. The number of rotatable bonds is 14. The first-order valence-electron chi connectivity index (χ1n) is 16.0. The molecule has 10 nitrogen and oxygen atoms in total. The maximum absolute atomic E-state index is 14.9. The second-order valence-electron chi connectivity index (χ2n) is 12.7. The van der Waals surface area contributed by atoms with Crippen LogP contribution < -0.4 is 23.8 Å². The largest absolute Gasteiger partial charge is 0.495 e.